The molecule has 0 saturated carbocycles. The van der Waals surface area contributed by atoms with Crippen molar-refractivity contribution in [3.05, 3.63) is 48.0 Å². The number of nitrogens with zero attached hydrogens (tertiary/aromatic N) is 2. The Morgan fingerprint density at radius 1 is 1.33 bits per heavy atom. The van der Waals surface area contributed by atoms with Crippen LogP contribution >= 0.6 is 12.4 Å². The summed E-state index contributed by atoms with van der Waals surface area (Å²) in [4.78, 5) is 12.0. The van der Waals surface area contributed by atoms with E-state index in [0.717, 1.165) is 17.8 Å². The normalized spacial score (nSPS) is 13.0. The van der Waals surface area contributed by atoms with Crippen molar-refractivity contribution in [1.29, 1.82) is 0 Å². The number of rotatable bonds is 7. The van der Waals surface area contributed by atoms with E-state index < -0.39 is 5.54 Å². The van der Waals surface area contributed by atoms with Gasteiger partial charge in [0.05, 0.1) is 16.9 Å². The zero-order valence-electron chi connectivity index (χ0n) is 14.0. The number of nitrogens with one attached hydrogen (secondary N) is 1. The largest absolute Gasteiger partial charge is 0.354 e. The molecule has 0 aliphatic rings. The Labute approximate surface area is 147 Å². The second-order valence-corrected chi connectivity index (χ2v) is 5.90. The molecule has 0 bridgehead atoms. The van der Waals surface area contributed by atoms with Gasteiger partial charge in [-0.15, -0.1) is 12.4 Å². The molecule has 1 aromatic carbocycles. The molecule has 5 nitrogen and oxygen atoms in total. The molecule has 0 radical (unpaired) electrons. The van der Waals surface area contributed by atoms with Gasteiger partial charge in [-0.05, 0) is 43.7 Å². The molecule has 7 heteroatoms. The maximum Gasteiger partial charge on any atom is 0.239 e. The Bertz CT molecular complexity index is 655. The van der Waals surface area contributed by atoms with Crippen LogP contribution in [-0.2, 0) is 11.2 Å². The fourth-order valence-corrected chi connectivity index (χ4v) is 2.37. The quantitative estimate of drug-likeness (QED) is 0.802. The van der Waals surface area contributed by atoms with Gasteiger partial charge < -0.3 is 11.1 Å². The number of hydrogen-bond donors (Lipinski definition) is 2. The lowest BCUT2D eigenvalue weighted by Crippen LogP contribution is -2.51. The molecule has 24 heavy (non-hydrogen) atoms. The van der Waals surface area contributed by atoms with E-state index in [0.29, 0.717) is 19.4 Å². The number of amides is 1. The van der Waals surface area contributed by atoms with Crippen molar-refractivity contribution in [3.8, 4) is 5.69 Å². The van der Waals surface area contributed by atoms with Gasteiger partial charge in [-0.3, -0.25) is 4.79 Å². The van der Waals surface area contributed by atoms with Gasteiger partial charge in [-0.2, -0.15) is 5.10 Å². The van der Waals surface area contributed by atoms with Crippen LogP contribution in [0, 0.1) is 5.82 Å². The molecule has 132 valence electrons. The van der Waals surface area contributed by atoms with Crippen molar-refractivity contribution in [1.82, 2.24) is 15.1 Å². The van der Waals surface area contributed by atoms with Crippen LogP contribution < -0.4 is 11.1 Å². The molecule has 0 aliphatic carbocycles. The Balaban J connectivity index is 0.00000288. The van der Waals surface area contributed by atoms with E-state index in [1.54, 1.807) is 23.7 Å². The summed E-state index contributed by atoms with van der Waals surface area (Å²) in [5, 5.41) is 7.27. The number of aromatic nitrogens is 2. The van der Waals surface area contributed by atoms with Gasteiger partial charge in [0.25, 0.3) is 0 Å². The van der Waals surface area contributed by atoms with Crippen LogP contribution in [0.2, 0.25) is 0 Å². The van der Waals surface area contributed by atoms with Gasteiger partial charge in [-0.25, -0.2) is 9.07 Å². The number of benzene rings is 1. The van der Waals surface area contributed by atoms with E-state index in [1.807, 2.05) is 19.2 Å². The fourth-order valence-electron chi connectivity index (χ4n) is 2.37. The zero-order valence-corrected chi connectivity index (χ0v) is 14.8. The molecule has 0 spiro atoms. The number of halogens is 2. The molecule has 1 heterocycles. The standard InChI is InChI=1S/C17H23FN4O.ClH/c1-3-10-17(2,19)16(23)20-11-8-14-9-12-22(21-14)15-6-4-13(18)5-7-15;/h4-7,9,12H,3,8,10-11,19H2,1-2H3,(H,20,23);1H. The summed E-state index contributed by atoms with van der Waals surface area (Å²) in [6.07, 6.45) is 3.94. The first-order chi connectivity index (χ1) is 10.9. The first-order valence-electron chi connectivity index (χ1n) is 7.80. The van der Waals surface area contributed by atoms with Crippen LogP contribution in [0.5, 0.6) is 0 Å². The van der Waals surface area contributed by atoms with Crippen LogP contribution in [0.15, 0.2) is 36.5 Å². The second-order valence-electron chi connectivity index (χ2n) is 5.90. The van der Waals surface area contributed by atoms with E-state index in [9.17, 15) is 9.18 Å². The SMILES string of the molecule is CCCC(C)(N)C(=O)NCCc1ccn(-c2ccc(F)cc2)n1.Cl. The van der Waals surface area contributed by atoms with Crippen LogP contribution in [0.25, 0.3) is 5.69 Å². The lowest BCUT2D eigenvalue weighted by Gasteiger charge is -2.22. The van der Waals surface area contributed by atoms with Crippen molar-refractivity contribution < 1.29 is 9.18 Å². The van der Waals surface area contributed by atoms with Gasteiger partial charge >= 0.3 is 0 Å². The number of hydrogen-bond acceptors (Lipinski definition) is 3. The van der Waals surface area contributed by atoms with Crippen LogP contribution in [0.3, 0.4) is 0 Å². The third kappa shape index (κ3) is 5.32. The van der Waals surface area contributed by atoms with E-state index >= 15 is 0 Å². The summed E-state index contributed by atoms with van der Waals surface area (Å²) in [5.74, 6) is -0.418. The molecular formula is C17H24ClFN4O. The minimum atomic E-state index is -0.831. The minimum Gasteiger partial charge on any atom is -0.354 e. The third-order valence-electron chi connectivity index (χ3n) is 3.69. The van der Waals surface area contributed by atoms with Crippen molar-refractivity contribution in [2.45, 2.75) is 38.6 Å². The van der Waals surface area contributed by atoms with E-state index in [4.69, 9.17) is 5.73 Å². The van der Waals surface area contributed by atoms with E-state index in [2.05, 4.69) is 10.4 Å². The average Bonchev–Trinajstić information content (AvgIpc) is 2.96. The summed E-state index contributed by atoms with van der Waals surface area (Å²) in [7, 11) is 0. The zero-order chi connectivity index (χ0) is 16.9. The number of carbonyl (C=O) groups excluding carboxylic acids is 1. The molecule has 0 fully saturated rings. The van der Waals surface area contributed by atoms with Crippen LogP contribution in [0.1, 0.15) is 32.4 Å². The highest BCUT2D eigenvalue weighted by atomic mass is 35.5. The van der Waals surface area contributed by atoms with Gasteiger partial charge in [0.2, 0.25) is 5.91 Å². The van der Waals surface area contributed by atoms with Crippen LogP contribution in [-0.4, -0.2) is 27.8 Å². The molecule has 2 aromatic rings. The highest BCUT2D eigenvalue weighted by Crippen LogP contribution is 2.10. The lowest BCUT2D eigenvalue weighted by atomic mass is 9.96. The Morgan fingerprint density at radius 2 is 2.00 bits per heavy atom. The lowest BCUT2D eigenvalue weighted by molar-refractivity contribution is -0.126. The molecule has 1 amide bonds. The molecule has 2 rings (SSSR count). The molecule has 0 aliphatic heterocycles. The highest BCUT2D eigenvalue weighted by molar-refractivity contribution is 5.85. The maximum absolute atomic E-state index is 12.9. The third-order valence-corrected chi connectivity index (χ3v) is 3.69. The molecule has 1 aromatic heterocycles. The predicted molar refractivity (Wildman–Crippen MR) is 95.0 cm³/mol. The Kier molecular flexibility index (Phi) is 7.38. The Hall–Kier alpha value is -1.92. The summed E-state index contributed by atoms with van der Waals surface area (Å²) < 4.78 is 14.6. The highest BCUT2D eigenvalue weighted by Gasteiger charge is 2.26. The predicted octanol–water partition coefficient (Wildman–Crippen LogP) is 2.61. The van der Waals surface area contributed by atoms with Crippen molar-refractivity contribution >= 4 is 18.3 Å². The summed E-state index contributed by atoms with van der Waals surface area (Å²) in [6.45, 7) is 4.23. The van der Waals surface area contributed by atoms with Crippen LogP contribution in [0.4, 0.5) is 4.39 Å². The molecule has 1 atom stereocenters. The van der Waals surface area contributed by atoms with Gasteiger partial charge in [0, 0.05) is 19.2 Å². The van der Waals surface area contributed by atoms with Gasteiger partial charge in [-0.1, -0.05) is 13.3 Å². The number of nitrogens with two attached hydrogens (primary N) is 1. The van der Waals surface area contributed by atoms with E-state index in [-0.39, 0.29) is 24.1 Å². The molecule has 3 N–H and O–H groups in total. The molecular weight excluding hydrogens is 331 g/mol. The summed E-state index contributed by atoms with van der Waals surface area (Å²) >= 11 is 0. The monoisotopic (exact) mass is 354 g/mol. The number of carbonyl (C=O) groups is 1. The topological polar surface area (TPSA) is 72.9 Å². The van der Waals surface area contributed by atoms with Crippen molar-refractivity contribution in [2.75, 3.05) is 6.54 Å². The van der Waals surface area contributed by atoms with Crippen molar-refractivity contribution in [2.24, 2.45) is 5.73 Å². The first-order valence-corrected chi connectivity index (χ1v) is 7.80. The second kappa shape index (κ2) is 8.80. The molecule has 1 unspecified atom stereocenters. The fraction of sp³-hybridized carbons (Fsp3) is 0.412. The van der Waals surface area contributed by atoms with Crippen molar-refractivity contribution in [3.63, 3.8) is 0 Å². The molecule has 0 saturated heterocycles. The minimum absolute atomic E-state index is 0. The van der Waals surface area contributed by atoms with E-state index in [1.165, 1.54) is 12.1 Å². The Morgan fingerprint density at radius 3 is 2.62 bits per heavy atom. The summed E-state index contributed by atoms with van der Waals surface area (Å²) in [6, 6.07) is 8.00. The first kappa shape index (κ1) is 20.1. The average molecular weight is 355 g/mol. The van der Waals surface area contributed by atoms with Gasteiger partial charge in [0.1, 0.15) is 5.82 Å². The maximum atomic E-state index is 12.9. The smallest absolute Gasteiger partial charge is 0.239 e. The van der Waals surface area contributed by atoms with Gasteiger partial charge in [0.15, 0.2) is 0 Å². The summed E-state index contributed by atoms with van der Waals surface area (Å²) in [5.41, 5.74) is 6.79.